The molecule has 3 saturated heterocycles. The lowest BCUT2D eigenvalue weighted by atomic mass is 10.1. The molecule has 12 heteroatoms. The highest BCUT2D eigenvalue weighted by molar-refractivity contribution is 8.14. The normalized spacial score (nSPS) is 17.9. The molecule has 1 aromatic carbocycles. The molecule has 3 aromatic rings. The first-order valence-electron chi connectivity index (χ1n) is 13.3. The highest BCUT2D eigenvalue weighted by Crippen LogP contribution is 2.30. The Balaban J connectivity index is 1.06. The number of aromatic nitrogens is 3. The highest BCUT2D eigenvalue weighted by Gasteiger charge is 2.26. The number of benzene rings is 1. The van der Waals surface area contributed by atoms with E-state index in [2.05, 4.69) is 30.5 Å². The summed E-state index contributed by atoms with van der Waals surface area (Å²) in [5, 5.41) is 2.67. The number of hydrogen-bond acceptors (Lipinski definition) is 11. The molecule has 1 amide bonds. The molecule has 2 aromatic heterocycles. The van der Waals surface area contributed by atoms with Crippen LogP contribution in [0.15, 0.2) is 35.7 Å². The Labute approximate surface area is 231 Å². The molecule has 10 nitrogen and oxygen atoms in total. The second kappa shape index (κ2) is 11.2. The zero-order valence-corrected chi connectivity index (χ0v) is 23.0. The fourth-order valence-corrected chi connectivity index (χ4v) is 6.57. The van der Waals surface area contributed by atoms with Gasteiger partial charge in [0.05, 0.1) is 5.69 Å². The standard InChI is InChI=1S/C26H33N9OS2/c27-20-7-5-6-19(16-20)21-18-37-25(28-21)31-38-26(36)35-14-12-33(13-15-35)23-17-22(32-8-1-2-9-32)29-24(30-23)34-10-3-4-11-34/h5-7,16-18H,1-4,8-15,27H2,(H,28,31). The summed E-state index contributed by atoms with van der Waals surface area (Å²) >= 11 is 2.56. The fraction of sp³-hybridized carbons (Fsp3) is 0.462. The molecule has 0 aliphatic carbocycles. The number of nitrogens with zero attached hydrogens (tertiary/aromatic N) is 7. The van der Waals surface area contributed by atoms with E-state index in [4.69, 9.17) is 15.7 Å². The van der Waals surface area contributed by atoms with Crippen LogP contribution in [0.4, 0.5) is 33.2 Å². The number of thiazole rings is 1. The summed E-state index contributed by atoms with van der Waals surface area (Å²) in [7, 11) is 0. The van der Waals surface area contributed by atoms with Crippen molar-refractivity contribution in [2.75, 3.05) is 77.5 Å². The molecular weight excluding hydrogens is 518 g/mol. The van der Waals surface area contributed by atoms with Crippen LogP contribution in [0.3, 0.4) is 0 Å². The first-order valence-corrected chi connectivity index (χ1v) is 15.0. The summed E-state index contributed by atoms with van der Waals surface area (Å²) < 4.78 is 3.12. The van der Waals surface area contributed by atoms with Gasteiger partial charge in [-0.25, -0.2) is 4.98 Å². The first kappa shape index (κ1) is 25.1. The Morgan fingerprint density at radius 3 is 2.18 bits per heavy atom. The lowest BCUT2D eigenvalue weighted by Gasteiger charge is -2.35. The van der Waals surface area contributed by atoms with Crippen LogP contribution < -0.4 is 25.2 Å². The summed E-state index contributed by atoms with van der Waals surface area (Å²) in [5.74, 6) is 2.85. The summed E-state index contributed by atoms with van der Waals surface area (Å²) in [5.41, 5.74) is 8.41. The molecule has 0 saturated carbocycles. The zero-order valence-electron chi connectivity index (χ0n) is 21.4. The van der Waals surface area contributed by atoms with Crippen LogP contribution in [0, 0.1) is 0 Å². The molecule has 3 fully saturated rings. The van der Waals surface area contributed by atoms with Gasteiger partial charge < -0.3 is 25.3 Å². The van der Waals surface area contributed by atoms with Gasteiger partial charge in [0.2, 0.25) is 5.95 Å². The maximum absolute atomic E-state index is 12.9. The van der Waals surface area contributed by atoms with Crippen molar-refractivity contribution in [2.24, 2.45) is 0 Å². The van der Waals surface area contributed by atoms with E-state index in [1.54, 1.807) is 0 Å². The molecule has 3 aliphatic heterocycles. The fourth-order valence-electron chi connectivity index (χ4n) is 5.16. The number of anilines is 5. The predicted octanol–water partition coefficient (Wildman–Crippen LogP) is 4.39. The molecule has 0 radical (unpaired) electrons. The highest BCUT2D eigenvalue weighted by atomic mass is 32.2. The topological polar surface area (TPSA) is 107 Å². The molecule has 3 aliphatic rings. The lowest BCUT2D eigenvalue weighted by molar-refractivity contribution is 0.219. The van der Waals surface area contributed by atoms with Crippen molar-refractivity contribution in [3.8, 4) is 11.3 Å². The van der Waals surface area contributed by atoms with Gasteiger partial charge in [0.1, 0.15) is 11.6 Å². The second-order valence-corrected chi connectivity index (χ2v) is 11.5. The summed E-state index contributed by atoms with van der Waals surface area (Å²) in [6.45, 7) is 6.97. The van der Waals surface area contributed by atoms with Crippen LogP contribution in [0.2, 0.25) is 0 Å². The van der Waals surface area contributed by atoms with Crippen molar-refractivity contribution in [3.63, 3.8) is 0 Å². The zero-order chi connectivity index (χ0) is 25.9. The van der Waals surface area contributed by atoms with Crippen LogP contribution in [0.1, 0.15) is 25.7 Å². The summed E-state index contributed by atoms with van der Waals surface area (Å²) in [4.78, 5) is 36.3. The molecule has 200 valence electrons. The third kappa shape index (κ3) is 5.60. The van der Waals surface area contributed by atoms with Crippen LogP contribution in [-0.4, -0.2) is 77.4 Å². The predicted molar refractivity (Wildman–Crippen MR) is 157 cm³/mol. The van der Waals surface area contributed by atoms with E-state index >= 15 is 0 Å². The van der Waals surface area contributed by atoms with Crippen molar-refractivity contribution in [2.45, 2.75) is 25.7 Å². The molecular formula is C26H33N9OS2. The van der Waals surface area contributed by atoms with Gasteiger partial charge >= 0.3 is 5.24 Å². The minimum Gasteiger partial charge on any atom is -0.399 e. The van der Waals surface area contributed by atoms with E-state index in [1.165, 1.54) is 37.0 Å². The number of carbonyl (C=O) groups excluding carboxylic acids is 1. The van der Waals surface area contributed by atoms with Crippen LogP contribution in [0.25, 0.3) is 11.3 Å². The van der Waals surface area contributed by atoms with E-state index in [1.807, 2.05) is 34.5 Å². The van der Waals surface area contributed by atoms with E-state index in [-0.39, 0.29) is 5.24 Å². The van der Waals surface area contributed by atoms with Gasteiger partial charge in [-0.1, -0.05) is 12.1 Å². The maximum Gasteiger partial charge on any atom is 0.302 e. The largest absolute Gasteiger partial charge is 0.399 e. The Kier molecular flexibility index (Phi) is 7.41. The van der Waals surface area contributed by atoms with Gasteiger partial charge in [0, 0.05) is 87.0 Å². The molecule has 38 heavy (non-hydrogen) atoms. The number of piperazine rings is 1. The van der Waals surface area contributed by atoms with E-state index < -0.39 is 0 Å². The van der Waals surface area contributed by atoms with E-state index in [0.717, 1.165) is 80.1 Å². The Hall–Kier alpha value is -3.25. The minimum absolute atomic E-state index is 0.00329. The molecule has 3 N–H and O–H groups in total. The lowest BCUT2D eigenvalue weighted by Crippen LogP contribution is -2.48. The third-order valence-electron chi connectivity index (χ3n) is 7.28. The smallest absolute Gasteiger partial charge is 0.302 e. The van der Waals surface area contributed by atoms with E-state index in [0.29, 0.717) is 23.9 Å². The van der Waals surface area contributed by atoms with Gasteiger partial charge in [0.25, 0.3) is 0 Å². The van der Waals surface area contributed by atoms with Gasteiger partial charge in [-0.15, -0.1) is 11.3 Å². The first-order chi connectivity index (χ1) is 18.6. The average molecular weight is 552 g/mol. The number of hydrogen-bond donors (Lipinski definition) is 2. The van der Waals surface area contributed by atoms with Crippen molar-refractivity contribution in [1.82, 2.24) is 19.9 Å². The number of nitrogen functional groups attached to an aromatic ring is 1. The van der Waals surface area contributed by atoms with E-state index in [9.17, 15) is 4.79 Å². The molecule has 0 unspecified atom stereocenters. The second-order valence-electron chi connectivity index (χ2n) is 9.88. The van der Waals surface area contributed by atoms with Crippen molar-refractivity contribution >= 4 is 56.9 Å². The Morgan fingerprint density at radius 2 is 1.50 bits per heavy atom. The number of carbonyl (C=O) groups is 1. The molecule has 5 heterocycles. The van der Waals surface area contributed by atoms with Crippen LogP contribution >= 0.6 is 23.3 Å². The summed E-state index contributed by atoms with van der Waals surface area (Å²) in [6, 6.07) is 9.78. The minimum atomic E-state index is 0.00329. The average Bonchev–Trinajstić information content (AvgIpc) is 3.75. The molecule has 0 bridgehead atoms. The van der Waals surface area contributed by atoms with Gasteiger partial charge in [-0.05, 0) is 37.8 Å². The molecule has 6 rings (SSSR count). The Bertz CT molecular complexity index is 1230. The number of nitrogens with one attached hydrogen (secondary N) is 1. The SMILES string of the molecule is Nc1cccc(-c2csc(NSC(=O)N3CCN(c4cc(N5CCCC5)nc(N5CCCC5)n4)CC3)n2)c1. The van der Waals surface area contributed by atoms with Gasteiger partial charge in [0.15, 0.2) is 5.13 Å². The quantitative estimate of drug-likeness (QED) is 0.338. The Morgan fingerprint density at radius 1 is 0.842 bits per heavy atom. The number of nitrogens with two attached hydrogens (primary N) is 1. The molecule has 0 spiro atoms. The summed E-state index contributed by atoms with van der Waals surface area (Å²) in [6.07, 6.45) is 4.83. The third-order valence-corrected chi connectivity index (χ3v) is 8.90. The number of rotatable bonds is 6. The van der Waals surface area contributed by atoms with Gasteiger partial charge in [-0.2, -0.15) is 9.97 Å². The van der Waals surface area contributed by atoms with Crippen LogP contribution in [-0.2, 0) is 0 Å². The maximum atomic E-state index is 12.9. The van der Waals surface area contributed by atoms with Crippen molar-refractivity contribution in [1.29, 1.82) is 0 Å². The molecule has 0 atom stereocenters. The van der Waals surface area contributed by atoms with Crippen LogP contribution in [0.5, 0.6) is 0 Å². The number of amides is 1. The van der Waals surface area contributed by atoms with Crippen molar-refractivity contribution < 1.29 is 4.79 Å². The van der Waals surface area contributed by atoms with Gasteiger partial charge in [-0.3, -0.25) is 9.52 Å². The van der Waals surface area contributed by atoms with Crippen molar-refractivity contribution in [3.05, 3.63) is 35.7 Å². The monoisotopic (exact) mass is 551 g/mol.